The van der Waals surface area contributed by atoms with Crippen molar-refractivity contribution in [2.24, 2.45) is 17.1 Å². The Morgan fingerprint density at radius 2 is 2.12 bits per heavy atom. The van der Waals surface area contributed by atoms with Crippen LogP contribution in [0, 0.1) is 11.3 Å². The van der Waals surface area contributed by atoms with Crippen LogP contribution >= 0.6 is 0 Å². The van der Waals surface area contributed by atoms with Gasteiger partial charge in [0, 0.05) is 19.6 Å². The van der Waals surface area contributed by atoms with E-state index in [1.165, 1.54) is 0 Å². The monoisotopic (exact) mass is 226 g/mol. The first-order valence-electron chi connectivity index (χ1n) is 5.81. The van der Waals surface area contributed by atoms with Crippen LogP contribution in [0.5, 0.6) is 0 Å². The lowest BCUT2D eigenvalue weighted by atomic mass is 9.96. The molecule has 5 heteroatoms. The molecule has 1 amide bonds. The topological polar surface area (TPSA) is 83.6 Å². The standard InChI is InChI=1S/C11H18N2O3/c12-7-11(3-4-11)10(16)13-5-1-2-8(6-13)9(14)15/h8H,1-7,12H2,(H,14,15). The SMILES string of the molecule is NCC1(C(=O)N2CCCC(C(=O)O)C2)CC1. The highest BCUT2D eigenvalue weighted by Crippen LogP contribution is 2.46. The fraction of sp³-hybridized carbons (Fsp3) is 0.818. The molecule has 1 aliphatic heterocycles. The molecule has 2 fully saturated rings. The molecule has 1 saturated heterocycles. The van der Waals surface area contributed by atoms with Gasteiger partial charge in [0.2, 0.25) is 5.91 Å². The van der Waals surface area contributed by atoms with Gasteiger partial charge in [0.25, 0.3) is 0 Å². The van der Waals surface area contributed by atoms with Crippen molar-refractivity contribution in [1.29, 1.82) is 0 Å². The summed E-state index contributed by atoms with van der Waals surface area (Å²) < 4.78 is 0. The predicted octanol–water partition coefficient (Wildman–Crippen LogP) is 0.0485. The average Bonchev–Trinajstić information content (AvgIpc) is 3.09. The summed E-state index contributed by atoms with van der Waals surface area (Å²) in [6, 6.07) is 0. The molecular weight excluding hydrogens is 208 g/mol. The molecule has 5 nitrogen and oxygen atoms in total. The van der Waals surface area contributed by atoms with Gasteiger partial charge in [-0.2, -0.15) is 0 Å². The van der Waals surface area contributed by atoms with Gasteiger partial charge in [0.1, 0.15) is 0 Å². The smallest absolute Gasteiger partial charge is 0.308 e. The third-order valence-electron chi connectivity index (χ3n) is 3.76. The highest BCUT2D eigenvalue weighted by atomic mass is 16.4. The fourth-order valence-corrected chi connectivity index (χ4v) is 2.35. The van der Waals surface area contributed by atoms with Crippen molar-refractivity contribution in [1.82, 2.24) is 4.90 Å². The third kappa shape index (κ3) is 1.91. The Morgan fingerprint density at radius 3 is 2.62 bits per heavy atom. The number of rotatable bonds is 3. The second kappa shape index (κ2) is 4.05. The Labute approximate surface area is 94.6 Å². The maximum atomic E-state index is 12.1. The van der Waals surface area contributed by atoms with Gasteiger partial charge >= 0.3 is 5.97 Å². The van der Waals surface area contributed by atoms with Gasteiger partial charge in [-0.05, 0) is 25.7 Å². The van der Waals surface area contributed by atoms with E-state index in [-0.39, 0.29) is 11.3 Å². The Hall–Kier alpha value is -1.10. The molecule has 0 bridgehead atoms. The molecule has 2 rings (SSSR count). The zero-order valence-corrected chi connectivity index (χ0v) is 9.32. The molecule has 1 atom stereocenters. The first-order chi connectivity index (χ1) is 7.59. The van der Waals surface area contributed by atoms with Crippen LogP contribution in [0.4, 0.5) is 0 Å². The summed E-state index contributed by atoms with van der Waals surface area (Å²) in [6.07, 6.45) is 3.17. The van der Waals surface area contributed by atoms with Crippen LogP contribution < -0.4 is 5.73 Å². The fourth-order valence-electron chi connectivity index (χ4n) is 2.35. The minimum absolute atomic E-state index is 0.0703. The van der Waals surface area contributed by atoms with Crippen molar-refractivity contribution in [2.75, 3.05) is 19.6 Å². The molecule has 1 unspecified atom stereocenters. The van der Waals surface area contributed by atoms with Crippen LogP contribution in [-0.2, 0) is 9.59 Å². The van der Waals surface area contributed by atoms with Gasteiger partial charge in [-0.15, -0.1) is 0 Å². The zero-order chi connectivity index (χ0) is 11.8. The first kappa shape index (κ1) is 11.4. The molecule has 1 aliphatic carbocycles. The van der Waals surface area contributed by atoms with Crippen molar-refractivity contribution in [3.8, 4) is 0 Å². The van der Waals surface area contributed by atoms with Crippen LogP contribution in [-0.4, -0.2) is 41.5 Å². The van der Waals surface area contributed by atoms with E-state index >= 15 is 0 Å². The zero-order valence-electron chi connectivity index (χ0n) is 9.32. The second-order valence-corrected chi connectivity index (χ2v) is 4.91. The van der Waals surface area contributed by atoms with Gasteiger partial charge < -0.3 is 15.7 Å². The Morgan fingerprint density at radius 1 is 1.44 bits per heavy atom. The van der Waals surface area contributed by atoms with Crippen LogP contribution in [0.3, 0.4) is 0 Å². The number of hydrogen-bond donors (Lipinski definition) is 2. The van der Waals surface area contributed by atoms with E-state index in [9.17, 15) is 9.59 Å². The van der Waals surface area contributed by atoms with E-state index < -0.39 is 11.9 Å². The van der Waals surface area contributed by atoms with Crippen molar-refractivity contribution in [3.05, 3.63) is 0 Å². The summed E-state index contributed by atoms with van der Waals surface area (Å²) in [6.45, 7) is 1.43. The van der Waals surface area contributed by atoms with Crippen LogP contribution in [0.1, 0.15) is 25.7 Å². The quantitative estimate of drug-likeness (QED) is 0.712. The Balaban J connectivity index is 1.99. The molecular formula is C11H18N2O3. The molecule has 0 spiro atoms. The number of carboxylic acids is 1. The maximum Gasteiger partial charge on any atom is 0.308 e. The lowest BCUT2D eigenvalue weighted by Crippen LogP contribution is -2.47. The Kier molecular flexibility index (Phi) is 2.88. The van der Waals surface area contributed by atoms with E-state index in [1.807, 2.05) is 0 Å². The number of aliphatic carboxylic acids is 1. The minimum Gasteiger partial charge on any atom is -0.481 e. The molecule has 3 N–H and O–H groups in total. The molecule has 0 aromatic rings. The summed E-state index contributed by atoms with van der Waals surface area (Å²) in [5, 5.41) is 8.95. The highest BCUT2D eigenvalue weighted by Gasteiger charge is 2.51. The number of hydrogen-bond acceptors (Lipinski definition) is 3. The number of nitrogens with two attached hydrogens (primary N) is 1. The largest absolute Gasteiger partial charge is 0.481 e. The van der Waals surface area contributed by atoms with E-state index in [0.29, 0.717) is 26.1 Å². The number of piperidine rings is 1. The molecule has 0 radical (unpaired) electrons. The number of amides is 1. The molecule has 0 aromatic heterocycles. The summed E-state index contributed by atoms with van der Waals surface area (Å²) in [5.41, 5.74) is 5.26. The second-order valence-electron chi connectivity index (χ2n) is 4.91. The van der Waals surface area contributed by atoms with Crippen molar-refractivity contribution in [3.63, 3.8) is 0 Å². The number of likely N-dealkylation sites (tertiary alicyclic amines) is 1. The van der Waals surface area contributed by atoms with Crippen molar-refractivity contribution < 1.29 is 14.7 Å². The van der Waals surface area contributed by atoms with Crippen molar-refractivity contribution in [2.45, 2.75) is 25.7 Å². The van der Waals surface area contributed by atoms with Gasteiger partial charge in [0.15, 0.2) is 0 Å². The molecule has 1 heterocycles. The predicted molar refractivity (Wildman–Crippen MR) is 57.7 cm³/mol. The number of nitrogens with zero attached hydrogens (tertiary/aromatic N) is 1. The number of carbonyl (C=O) groups is 2. The average molecular weight is 226 g/mol. The third-order valence-corrected chi connectivity index (χ3v) is 3.76. The van der Waals surface area contributed by atoms with Gasteiger partial charge in [-0.3, -0.25) is 9.59 Å². The number of carbonyl (C=O) groups excluding carboxylic acids is 1. The molecule has 16 heavy (non-hydrogen) atoms. The highest BCUT2D eigenvalue weighted by molar-refractivity contribution is 5.86. The Bertz CT molecular complexity index is 312. The summed E-state index contributed by atoms with van der Waals surface area (Å²) in [5.74, 6) is -1.12. The molecule has 90 valence electrons. The van der Waals surface area contributed by atoms with Crippen LogP contribution in [0.25, 0.3) is 0 Å². The van der Waals surface area contributed by atoms with Gasteiger partial charge in [-0.1, -0.05) is 0 Å². The van der Waals surface area contributed by atoms with Crippen LogP contribution in [0.2, 0.25) is 0 Å². The lowest BCUT2D eigenvalue weighted by molar-refractivity contribution is -0.147. The molecule has 0 aromatic carbocycles. The number of carboxylic acid groups (broad SMARTS) is 1. The molecule has 2 aliphatic rings. The van der Waals surface area contributed by atoms with Crippen molar-refractivity contribution >= 4 is 11.9 Å². The summed E-state index contributed by atoms with van der Waals surface area (Å²) in [4.78, 5) is 24.7. The summed E-state index contributed by atoms with van der Waals surface area (Å²) >= 11 is 0. The van der Waals surface area contributed by atoms with E-state index in [1.54, 1.807) is 4.90 Å². The normalized spacial score (nSPS) is 27.6. The van der Waals surface area contributed by atoms with Crippen LogP contribution in [0.15, 0.2) is 0 Å². The summed E-state index contributed by atoms with van der Waals surface area (Å²) in [7, 11) is 0. The maximum absolute atomic E-state index is 12.1. The minimum atomic E-state index is -0.796. The van der Waals surface area contributed by atoms with Gasteiger partial charge in [-0.25, -0.2) is 0 Å². The van der Waals surface area contributed by atoms with Gasteiger partial charge in [0.05, 0.1) is 11.3 Å². The first-order valence-corrected chi connectivity index (χ1v) is 5.81. The van der Waals surface area contributed by atoms with E-state index in [2.05, 4.69) is 0 Å². The van der Waals surface area contributed by atoms with E-state index in [4.69, 9.17) is 10.8 Å². The van der Waals surface area contributed by atoms with E-state index in [0.717, 1.165) is 19.3 Å². The lowest BCUT2D eigenvalue weighted by Gasteiger charge is -2.33. The molecule has 1 saturated carbocycles.